The molecule has 1 unspecified atom stereocenters. The SMILES string of the molecule is Cc1cccc(-n2nc(C)cc2NC(=O)C2CCC(=O)c3cccn32)c1. The second-order valence-electron chi connectivity index (χ2n) is 6.69. The number of fused-ring (bicyclic) bond motifs is 1. The Hall–Kier alpha value is -3.15. The van der Waals surface area contributed by atoms with E-state index in [2.05, 4.69) is 10.4 Å². The summed E-state index contributed by atoms with van der Waals surface area (Å²) in [5, 5.41) is 7.50. The van der Waals surface area contributed by atoms with Crippen molar-refractivity contribution in [1.29, 1.82) is 0 Å². The smallest absolute Gasteiger partial charge is 0.248 e. The Morgan fingerprint density at radius 2 is 2.04 bits per heavy atom. The molecule has 0 saturated carbocycles. The number of hydrogen-bond acceptors (Lipinski definition) is 3. The van der Waals surface area contributed by atoms with Gasteiger partial charge in [0, 0.05) is 18.7 Å². The van der Waals surface area contributed by atoms with Crippen molar-refractivity contribution in [1.82, 2.24) is 14.3 Å². The average molecular weight is 348 g/mol. The van der Waals surface area contributed by atoms with Crippen LogP contribution < -0.4 is 5.32 Å². The first-order valence-electron chi connectivity index (χ1n) is 8.67. The van der Waals surface area contributed by atoms with Crippen LogP contribution in [0.2, 0.25) is 0 Å². The third-order valence-corrected chi connectivity index (χ3v) is 4.68. The minimum absolute atomic E-state index is 0.0831. The summed E-state index contributed by atoms with van der Waals surface area (Å²) in [6, 6.07) is 13.0. The Balaban J connectivity index is 1.64. The van der Waals surface area contributed by atoms with E-state index in [0.29, 0.717) is 24.4 Å². The van der Waals surface area contributed by atoms with Gasteiger partial charge < -0.3 is 9.88 Å². The molecule has 132 valence electrons. The highest BCUT2D eigenvalue weighted by atomic mass is 16.2. The number of amides is 1. The zero-order chi connectivity index (χ0) is 18.3. The predicted molar refractivity (Wildman–Crippen MR) is 98.7 cm³/mol. The Morgan fingerprint density at radius 3 is 2.85 bits per heavy atom. The summed E-state index contributed by atoms with van der Waals surface area (Å²) in [6.07, 6.45) is 2.68. The van der Waals surface area contributed by atoms with E-state index >= 15 is 0 Å². The van der Waals surface area contributed by atoms with Crippen molar-refractivity contribution in [3.05, 3.63) is 65.6 Å². The maximum atomic E-state index is 12.9. The number of benzene rings is 1. The number of hydrogen-bond donors (Lipinski definition) is 1. The van der Waals surface area contributed by atoms with E-state index in [1.807, 2.05) is 44.2 Å². The van der Waals surface area contributed by atoms with Gasteiger partial charge in [0.2, 0.25) is 5.91 Å². The fourth-order valence-corrected chi connectivity index (χ4v) is 3.45. The van der Waals surface area contributed by atoms with Crippen LogP contribution in [0.15, 0.2) is 48.7 Å². The van der Waals surface area contributed by atoms with E-state index in [0.717, 1.165) is 16.9 Å². The van der Waals surface area contributed by atoms with Gasteiger partial charge in [0.05, 0.1) is 17.1 Å². The molecule has 26 heavy (non-hydrogen) atoms. The fraction of sp³-hybridized carbons (Fsp3) is 0.250. The molecule has 6 heteroatoms. The molecule has 1 aliphatic heterocycles. The van der Waals surface area contributed by atoms with Gasteiger partial charge >= 0.3 is 0 Å². The van der Waals surface area contributed by atoms with Crippen LogP contribution in [0, 0.1) is 13.8 Å². The van der Waals surface area contributed by atoms with Crippen LogP contribution >= 0.6 is 0 Å². The molecule has 1 atom stereocenters. The molecular formula is C20H20N4O2. The summed E-state index contributed by atoms with van der Waals surface area (Å²) < 4.78 is 3.51. The molecule has 0 radical (unpaired) electrons. The van der Waals surface area contributed by atoms with Crippen LogP contribution in [0.1, 0.15) is 40.6 Å². The summed E-state index contributed by atoms with van der Waals surface area (Å²) in [5.74, 6) is 0.576. The quantitative estimate of drug-likeness (QED) is 0.788. The molecule has 1 N–H and O–H groups in total. The lowest BCUT2D eigenvalue weighted by atomic mass is 10.0. The van der Waals surface area contributed by atoms with Crippen LogP contribution in [0.25, 0.3) is 5.69 Å². The number of nitrogens with one attached hydrogen (secondary N) is 1. The first-order chi connectivity index (χ1) is 12.5. The molecule has 1 aromatic carbocycles. The molecule has 6 nitrogen and oxygen atoms in total. The van der Waals surface area contributed by atoms with Gasteiger partial charge in [-0.2, -0.15) is 5.10 Å². The molecule has 3 aromatic rings. The van der Waals surface area contributed by atoms with Gasteiger partial charge in [-0.25, -0.2) is 4.68 Å². The van der Waals surface area contributed by atoms with Crippen molar-refractivity contribution in [3.8, 4) is 5.69 Å². The highest BCUT2D eigenvalue weighted by Crippen LogP contribution is 2.27. The van der Waals surface area contributed by atoms with E-state index < -0.39 is 0 Å². The van der Waals surface area contributed by atoms with Crippen LogP contribution in [0.3, 0.4) is 0 Å². The van der Waals surface area contributed by atoms with Gasteiger partial charge in [-0.05, 0) is 50.1 Å². The molecule has 0 bridgehead atoms. The molecule has 0 saturated heterocycles. The van der Waals surface area contributed by atoms with Crippen LogP contribution in [-0.2, 0) is 4.79 Å². The third kappa shape index (κ3) is 2.83. The average Bonchev–Trinajstić information content (AvgIpc) is 3.22. The van der Waals surface area contributed by atoms with Gasteiger partial charge in [-0.3, -0.25) is 9.59 Å². The maximum absolute atomic E-state index is 12.9. The number of rotatable bonds is 3. The van der Waals surface area contributed by atoms with Crippen LogP contribution in [0.5, 0.6) is 0 Å². The minimum atomic E-state index is -0.390. The standard InChI is InChI=1S/C20H20N4O2/c1-13-5-3-6-15(11-13)24-19(12-14(2)22-24)21-20(26)17-8-9-18(25)16-7-4-10-23(16)17/h3-7,10-12,17H,8-9H2,1-2H3,(H,21,26). The van der Waals surface area contributed by atoms with Gasteiger partial charge in [0.25, 0.3) is 0 Å². The normalized spacial score (nSPS) is 16.4. The van der Waals surface area contributed by atoms with Crippen molar-refractivity contribution in [3.63, 3.8) is 0 Å². The summed E-state index contributed by atoms with van der Waals surface area (Å²) in [5.41, 5.74) is 3.44. The fourth-order valence-electron chi connectivity index (χ4n) is 3.45. The zero-order valence-electron chi connectivity index (χ0n) is 14.8. The zero-order valence-corrected chi connectivity index (χ0v) is 14.8. The van der Waals surface area contributed by atoms with E-state index in [1.165, 1.54) is 0 Å². The lowest BCUT2D eigenvalue weighted by Crippen LogP contribution is -2.32. The molecule has 1 amide bonds. The van der Waals surface area contributed by atoms with Crippen molar-refractivity contribution < 1.29 is 9.59 Å². The predicted octanol–water partition coefficient (Wildman–Crippen LogP) is 3.45. The number of aromatic nitrogens is 3. The number of carbonyl (C=O) groups excluding carboxylic acids is 2. The van der Waals surface area contributed by atoms with Gasteiger partial charge in [-0.1, -0.05) is 12.1 Å². The molecule has 2 aromatic heterocycles. The lowest BCUT2D eigenvalue weighted by molar-refractivity contribution is -0.119. The van der Waals surface area contributed by atoms with Crippen molar-refractivity contribution in [2.75, 3.05) is 5.32 Å². The highest BCUT2D eigenvalue weighted by molar-refractivity contribution is 5.99. The summed E-state index contributed by atoms with van der Waals surface area (Å²) in [7, 11) is 0. The van der Waals surface area contributed by atoms with Gasteiger partial charge in [0.1, 0.15) is 11.9 Å². The summed E-state index contributed by atoms with van der Waals surface area (Å²) >= 11 is 0. The number of anilines is 1. The Bertz CT molecular complexity index is 999. The van der Waals surface area contributed by atoms with Gasteiger partial charge in [0.15, 0.2) is 5.78 Å². The second-order valence-corrected chi connectivity index (χ2v) is 6.69. The number of Topliss-reactive ketones (excluding diaryl/α,β-unsaturated/α-hetero) is 1. The van der Waals surface area contributed by atoms with E-state index in [4.69, 9.17) is 0 Å². The minimum Gasteiger partial charge on any atom is -0.333 e. The first kappa shape index (κ1) is 16.3. The van der Waals surface area contributed by atoms with Crippen molar-refractivity contribution in [2.24, 2.45) is 0 Å². The molecule has 4 rings (SSSR count). The highest BCUT2D eigenvalue weighted by Gasteiger charge is 2.30. The molecule has 3 heterocycles. The van der Waals surface area contributed by atoms with E-state index in [9.17, 15) is 9.59 Å². The number of ketones is 1. The summed E-state index contributed by atoms with van der Waals surface area (Å²) in [6.45, 7) is 3.91. The van der Waals surface area contributed by atoms with Crippen molar-refractivity contribution in [2.45, 2.75) is 32.7 Å². The van der Waals surface area contributed by atoms with Crippen molar-refractivity contribution >= 4 is 17.5 Å². The molecular weight excluding hydrogens is 328 g/mol. The van der Waals surface area contributed by atoms with Crippen LogP contribution in [-0.4, -0.2) is 26.0 Å². The van der Waals surface area contributed by atoms with E-state index in [-0.39, 0.29) is 17.7 Å². The largest absolute Gasteiger partial charge is 0.333 e. The Morgan fingerprint density at radius 1 is 1.19 bits per heavy atom. The second kappa shape index (κ2) is 6.29. The maximum Gasteiger partial charge on any atom is 0.248 e. The lowest BCUT2D eigenvalue weighted by Gasteiger charge is -2.24. The Kier molecular flexibility index (Phi) is 3.95. The Labute approximate surface area is 151 Å². The number of nitrogens with zero attached hydrogens (tertiary/aromatic N) is 3. The number of carbonyl (C=O) groups is 2. The molecule has 1 aliphatic rings. The third-order valence-electron chi connectivity index (χ3n) is 4.68. The first-order valence-corrected chi connectivity index (χ1v) is 8.67. The monoisotopic (exact) mass is 348 g/mol. The molecule has 0 spiro atoms. The van der Waals surface area contributed by atoms with Gasteiger partial charge in [-0.15, -0.1) is 0 Å². The van der Waals surface area contributed by atoms with Crippen LogP contribution in [0.4, 0.5) is 5.82 Å². The topological polar surface area (TPSA) is 68.9 Å². The number of aryl methyl sites for hydroxylation is 2. The molecule has 0 aliphatic carbocycles. The van der Waals surface area contributed by atoms with E-state index in [1.54, 1.807) is 27.6 Å². The molecule has 0 fully saturated rings. The summed E-state index contributed by atoms with van der Waals surface area (Å²) in [4.78, 5) is 24.9.